The van der Waals surface area contributed by atoms with Crippen LogP contribution < -0.4 is 4.18 Å². The van der Waals surface area contributed by atoms with E-state index in [0.29, 0.717) is 18.5 Å². The van der Waals surface area contributed by atoms with Crippen LogP contribution in [0.25, 0.3) is 0 Å². The van der Waals surface area contributed by atoms with Gasteiger partial charge in [0.25, 0.3) is 0 Å². The third-order valence-electron chi connectivity index (χ3n) is 1.95. The summed E-state index contributed by atoms with van der Waals surface area (Å²) in [7, 11) is -3.64. The molecule has 0 radical (unpaired) electrons. The summed E-state index contributed by atoms with van der Waals surface area (Å²) in [6.45, 7) is 0. The topological polar surface area (TPSA) is 72.8 Å². The molecule has 0 aliphatic carbocycles. The molecule has 0 unspecified atom stereocenters. The number of unbranched alkanes of at least 4 members (excludes halogenated alkanes) is 1. The Balaban J connectivity index is 2.67. The van der Waals surface area contributed by atoms with Gasteiger partial charge in [0.2, 0.25) is 6.08 Å². The number of nitrogens with zero attached hydrogens (tertiary/aromatic N) is 1. The standard InChI is InChI=1S/C12H11NO4S/c1-2-3-4-9-18(15,16)17-12-7-5-11(6-8-12)13-10-14/h1,5-8H,3-4,9H2. The molecule has 0 fully saturated rings. The van der Waals surface area contributed by atoms with Crippen LogP contribution in [0, 0.1) is 12.3 Å². The van der Waals surface area contributed by atoms with E-state index in [2.05, 4.69) is 10.9 Å². The van der Waals surface area contributed by atoms with E-state index >= 15 is 0 Å². The predicted molar refractivity (Wildman–Crippen MR) is 66.7 cm³/mol. The first-order chi connectivity index (χ1) is 8.57. The minimum Gasteiger partial charge on any atom is -0.382 e. The van der Waals surface area contributed by atoms with Crippen molar-refractivity contribution in [2.45, 2.75) is 12.8 Å². The molecule has 94 valence electrons. The lowest BCUT2D eigenvalue weighted by Crippen LogP contribution is -2.13. The molecule has 0 aliphatic heterocycles. The SMILES string of the molecule is C#CCCCS(=O)(=O)Oc1ccc(N=C=O)cc1. The van der Waals surface area contributed by atoms with Gasteiger partial charge in [-0.3, -0.25) is 0 Å². The average molecular weight is 265 g/mol. The molecule has 0 N–H and O–H groups in total. The number of hydrogen-bond donors (Lipinski definition) is 0. The number of hydrogen-bond acceptors (Lipinski definition) is 5. The van der Waals surface area contributed by atoms with Crippen molar-refractivity contribution < 1.29 is 17.4 Å². The van der Waals surface area contributed by atoms with Gasteiger partial charge >= 0.3 is 10.1 Å². The fraction of sp³-hybridized carbons (Fsp3) is 0.250. The molecule has 0 aliphatic rings. The van der Waals surface area contributed by atoms with Crippen LogP contribution in [0.3, 0.4) is 0 Å². The van der Waals surface area contributed by atoms with E-state index in [0.717, 1.165) is 0 Å². The quantitative estimate of drug-likeness (QED) is 0.258. The van der Waals surface area contributed by atoms with Gasteiger partial charge in [0, 0.05) is 6.42 Å². The Bertz CT molecular complexity index is 577. The minimum absolute atomic E-state index is 0.133. The van der Waals surface area contributed by atoms with E-state index in [-0.39, 0.29) is 11.5 Å². The molecule has 5 nitrogen and oxygen atoms in total. The summed E-state index contributed by atoms with van der Waals surface area (Å²) < 4.78 is 27.9. The maximum Gasteiger partial charge on any atom is 0.309 e. The molecule has 0 spiro atoms. The number of benzene rings is 1. The maximum absolute atomic E-state index is 11.5. The Labute approximate surface area is 106 Å². The van der Waals surface area contributed by atoms with Crippen molar-refractivity contribution in [3.8, 4) is 18.1 Å². The Kier molecular flexibility index (Phi) is 5.12. The molecule has 1 aromatic rings. The Morgan fingerprint density at radius 3 is 2.50 bits per heavy atom. The second-order valence-electron chi connectivity index (χ2n) is 3.35. The first kappa shape index (κ1) is 14.0. The van der Waals surface area contributed by atoms with Crippen LogP contribution in [0.5, 0.6) is 5.75 Å². The zero-order valence-corrected chi connectivity index (χ0v) is 10.3. The maximum atomic E-state index is 11.5. The van der Waals surface area contributed by atoms with E-state index in [9.17, 15) is 13.2 Å². The van der Waals surface area contributed by atoms with E-state index in [4.69, 9.17) is 10.6 Å². The molecule has 6 heteroatoms. The van der Waals surface area contributed by atoms with Crippen molar-refractivity contribution in [3.63, 3.8) is 0 Å². The number of isocyanates is 1. The molecule has 0 saturated carbocycles. The third kappa shape index (κ3) is 4.83. The van der Waals surface area contributed by atoms with Gasteiger partial charge in [0.1, 0.15) is 5.75 Å². The third-order valence-corrected chi connectivity index (χ3v) is 3.19. The smallest absolute Gasteiger partial charge is 0.309 e. The summed E-state index contributed by atoms with van der Waals surface area (Å²) in [4.78, 5) is 13.4. The molecule has 1 rings (SSSR count). The molecule has 0 bridgehead atoms. The second-order valence-corrected chi connectivity index (χ2v) is 5.04. The van der Waals surface area contributed by atoms with Gasteiger partial charge in [-0.25, -0.2) is 4.79 Å². The molecule has 0 amide bonds. The van der Waals surface area contributed by atoms with Crippen LogP contribution in [0.15, 0.2) is 29.3 Å². The first-order valence-corrected chi connectivity index (χ1v) is 6.69. The van der Waals surface area contributed by atoms with Gasteiger partial charge < -0.3 is 4.18 Å². The fourth-order valence-corrected chi connectivity index (χ4v) is 2.15. The van der Waals surface area contributed by atoms with E-state index < -0.39 is 10.1 Å². The molecule has 18 heavy (non-hydrogen) atoms. The molecular weight excluding hydrogens is 254 g/mol. The first-order valence-electron chi connectivity index (χ1n) is 5.11. The number of aliphatic imine (C=N–C) groups is 1. The van der Waals surface area contributed by atoms with Gasteiger partial charge in [-0.2, -0.15) is 13.4 Å². The summed E-state index contributed by atoms with van der Waals surface area (Å²) in [5.74, 6) is 2.39. The second kappa shape index (κ2) is 6.60. The lowest BCUT2D eigenvalue weighted by molar-refractivity contribution is 0.484. The van der Waals surface area contributed by atoms with Crippen molar-refractivity contribution >= 4 is 21.9 Å². The van der Waals surface area contributed by atoms with E-state index in [1.807, 2.05) is 0 Å². The van der Waals surface area contributed by atoms with Gasteiger partial charge in [-0.15, -0.1) is 12.3 Å². The monoisotopic (exact) mass is 265 g/mol. The van der Waals surface area contributed by atoms with Gasteiger partial charge in [0.15, 0.2) is 0 Å². The van der Waals surface area contributed by atoms with Crippen LogP contribution in [0.1, 0.15) is 12.8 Å². The van der Waals surface area contributed by atoms with Gasteiger partial charge in [-0.1, -0.05) is 0 Å². The van der Waals surface area contributed by atoms with E-state index in [1.165, 1.54) is 30.3 Å². The average Bonchev–Trinajstić information content (AvgIpc) is 2.32. The zero-order chi connectivity index (χ0) is 13.4. The van der Waals surface area contributed by atoms with Crippen LogP contribution in [-0.2, 0) is 14.9 Å². The summed E-state index contributed by atoms with van der Waals surface area (Å²) >= 11 is 0. The highest BCUT2D eigenvalue weighted by Crippen LogP contribution is 2.19. The number of carbonyl (C=O) groups excluding carboxylic acids is 1. The van der Waals surface area contributed by atoms with Crippen molar-refractivity contribution in [2.75, 3.05) is 5.75 Å². The molecule has 0 atom stereocenters. The predicted octanol–water partition coefficient (Wildman–Crippen LogP) is 1.78. The highest BCUT2D eigenvalue weighted by molar-refractivity contribution is 7.87. The highest BCUT2D eigenvalue weighted by atomic mass is 32.2. The lowest BCUT2D eigenvalue weighted by atomic mass is 10.3. The Hall–Kier alpha value is -2.09. The van der Waals surface area contributed by atoms with Crippen LogP contribution in [0.4, 0.5) is 5.69 Å². The summed E-state index contributed by atoms with van der Waals surface area (Å²) in [6.07, 6.45) is 7.15. The molecule has 0 aromatic heterocycles. The molecule has 1 aromatic carbocycles. The van der Waals surface area contributed by atoms with Crippen molar-refractivity contribution in [3.05, 3.63) is 24.3 Å². The normalized spacial score (nSPS) is 10.2. The van der Waals surface area contributed by atoms with Crippen molar-refractivity contribution in [2.24, 2.45) is 4.99 Å². The molecule has 0 heterocycles. The highest BCUT2D eigenvalue weighted by Gasteiger charge is 2.11. The molecular formula is C12H11NO4S. The largest absolute Gasteiger partial charge is 0.382 e. The Morgan fingerprint density at radius 1 is 1.28 bits per heavy atom. The van der Waals surface area contributed by atoms with Crippen LogP contribution in [0.2, 0.25) is 0 Å². The number of rotatable bonds is 6. The summed E-state index contributed by atoms with van der Waals surface area (Å²) in [5.41, 5.74) is 0.377. The lowest BCUT2D eigenvalue weighted by Gasteiger charge is -2.05. The molecule has 0 saturated heterocycles. The zero-order valence-electron chi connectivity index (χ0n) is 9.50. The summed E-state index contributed by atoms with van der Waals surface area (Å²) in [6, 6.07) is 5.73. The van der Waals surface area contributed by atoms with Crippen molar-refractivity contribution in [1.29, 1.82) is 0 Å². The fourth-order valence-electron chi connectivity index (χ4n) is 1.17. The van der Waals surface area contributed by atoms with Crippen molar-refractivity contribution in [1.82, 2.24) is 0 Å². The van der Waals surface area contributed by atoms with Crippen LogP contribution >= 0.6 is 0 Å². The number of terminal acetylenes is 1. The van der Waals surface area contributed by atoms with E-state index in [1.54, 1.807) is 0 Å². The minimum atomic E-state index is -3.64. The summed E-state index contributed by atoms with van der Waals surface area (Å²) in [5, 5.41) is 0. The van der Waals surface area contributed by atoms with Gasteiger partial charge in [0.05, 0.1) is 11.4 Å². The van der Waals surface area contributed by atoms with Gasteiger partial charge in [-0.05, 0) is 30.7 Å². The Morgan fingerprint density at radius 2 is 1.94 bits per heavy atom. The van der Waals surface area contributed by atoms with Crippen LogP contribution in [-0.4, -0.2) is 20.3 Å².